The van der Waals surface area contributed by atoms with Gasteiger partial charge in [-0.15, -0.1) is 0 Å². The Morgan fingerprint density at radius 2 is 2.00 bits per heavy atom. The molecule has 0 saturated heterocycles. The molecule has 21 heavy (non-hydrogen) atoms. The molecule has 124 valence electrons. The summed E-state index contributed by atoms with van der Waals surface area (Å²) in [5, 5.41) is 12.9. The topological polar surface area (TPSA) is 67.8 Å². The standard InChI is InChI=1S/C16H31NO4/c1-12-14(17-8-5-9-21-11-10-20-4)7-6-13(15(18)19)16(12,2)3/h12-14,17H,5-11H2,1-4H3,(H,18,19). The molecule has 0 aromatic rings. The first-order valence-electron chi connectivity index (χ1n) is 7.94. The van der Waals surface area contributed by atoms with Crippen LogP contribution in [0.2, 0.25) is 0 Å². The maximum absolute atomic E-state index is 11.4. The van der Waals surface area contributed by atoms with Gasteiger partial charge in [-0.2, -0.15) is 0 Å². The average Bonchev–Trinajstić information content (AvgIpc) is 2.41. The summed E-state index contributed by atoms with van der Waals surface area (Å²) in [5.74, 6) is -0.540. The number of rotatable bonds is 9. The number of nitrogens with one attached hydrogen (secondary N) is 1. The third kappa shape index (κ3) is 5.24. The second kappa shape index (κ2) is 8.71. The lowest BCUT2D eigenvalue weighted by molar-refractivity contribution is -0.150. The first-order chi connectivity index (χ1) is 9.91. The van der Waals surface area contributed by atoms with Gasteiger partial charge in [-0.05, 0) is 37.1 Å². The van der Waals surface area contributed by atoms with Crippen LogP contribution in [0.3, 0.4) is 0 Å². The minimum atomic E-state index is -0.656. The van der Waals surface area contributed by atoms with E-state index in [-0.39, 0.29) is 11.3 Å². The molecule has 5 heteroatoms. The zero-order valence-corrected chi connectivity index (χ0v) is 13.9. The van der Waals surface area contributed by atoms with E-state index >= 15 is 0 Å². The SMILES string of the molecule is COCCOCCCNC1CCC(C(=O)O)C(C)(C)C1C. The fourth-order valence-corrected chi connectivity index (χ4v) is 3.23. The van der Waals surface area contributed by atoms with Gasteiger partial charge in [-0.3, -0.25) is 4.79 Å². The van der Waals surface area contributed by atoms with Crippen LogP contribution in [0, 0.1) is 17.3 Å². The largest absolute Gasteiger partial charge is 0.481 e. The number of carbonyl (C=O) groups is 1. The van der Waals surface area contributed by atoms with Crippen LogP contribution >= 0.6 is 0 Å². The highest BCUT2D eigenvalue weighted by Gasteiger charge is 2.45. The molecule has 0 bridgehead atoms. The lowest BCUT2D eigenvalue weighted by Crippen LogP contribution is -2.51. The van der Waals surface area contributed by atoms with Crippen molar-refractivity contribution in [1.29, 1.82) is 0 Å². The molecule has 5 nitrogen and oxygen atoms in total. The Labute approximate surface area is 128 Å². The molecule has 2 N–H and O–H groups in total. The smallest absolute Gasteiger partial charge is 0.307 e. The molecule has 0 aromatic carbocycles. The number of carboxylic acid groups (broad SMARTS) is 1. The average molecular weight is 301 g/mol. The van der Waals surface area contributed by atoms with Crippen molar-refractivity contribution in [3.63, 3.8) is 0 Å². The highest BCUT2D eigenvalue weighted by Crippen LogP contribution is 2.44. The minimum Gasteiger partial charge on any atom is -0.481 e. The number of methoxy groups -OCH3 is 1. The van der Waals surface area contributed by atoms with Crippen LogP contribution in [0.5, 0.6) is 0 Å². The summed E-state index contributed by atoms with van der Waals surface area (Å²) < 4.78 is 10.4. The molecular weight excluding hydrogens is 270 g/mol. The van der Waals surface area contributed by atoms with Crippen molar-refractivity contribution < 1.29 is 19.4 Å². The molecule has 1 fully saturated rings. The van der Waals surface area contributed by atoms with E-state index in [0.29, 0.717) is 25.2 Å². The van der Waals surface area contributed by atoms with Crippen LogP contribution in [0.25, 0.3) is 0 Å². The summed E-state index contributed by atoms with van der Waals surface area (Å²) in [6.07, 6.45) is 2.66. The summed E-state index contributed by atoms with van der Waals surface area (Å²) in [6.45, 7) is 9.26. The molecule has 0 aliphatic heterocycles. The number of carboxylic acids is 1. The minimum absolute atomic E-state index is 0.170. The van der Waals surface area contributed by atoms with E-state index in [2.05, 4.69) is 26.1 Å². The third-order valence-electron chi connectivity index (χ3n) is 5.04. The Morgan fingerprint density at radius 1 is 1.29 bits per heavy atom. The summed E-state index contributed by atoms with van der Waals surface area (Å²) in [7, 11) is 1.67. The van der Waals surface area contributed by atoms with Crippen LogP contribution in [-0.2, 0) is 14.3 Å². The van der Waals surface area contributed by atoms with Crippen molar-refractivity contribution in [2.24, 2.45) is 17.3 Å². The van der Waals surface area contributed by atoms with E-state index in [0.717, 1.165) is 32.4 Å². The maximum atomic E-state index is 11.4. The van der Waals surface area contributed by atoms with Crippen molar-refractivity contribution >= 4 is 5.97 Å². The van der Waals surface area contributed by atoms with E-state index < -0.39 is 5.97 Å². The Kier molecular flexibility index (Phi) is 7.63. The van der Waals surface area contributed by atoms with E-state index in [1.54, 1.807) is 7.11 Å². The third-order valence-corrected chi connectivity index (χ3v) is 5.04. The Hall–Kier alpha value is -0.650. The highest BCUT2D eigenvalue weighted by molar-refractivity contribution is 5.71. The van der Waals surface area contributed by atoms with Crippen LogP contribution in [0.15, 0.2) is 0 Å². The number of ether oxygens (including phenoxy) is 2. The molecule has 3 atom stereocenters. The van der Waals surface area contributed by atoms with Gasteiger partial charge >= 0.3 is 5.97 Å². The maximum Gasteiger partial charge on any atom is 0.307 e. The molecule has 0 amide bonds. The second-order valence-electron chi connectivity index (χ2n) is 6.60. The van der Waals surface area contributed by atoms with Crippen LogP contribution in [0.1, 0.15) is 40.0 Å². The van der Waals surface area contributed by atoms with Gasteiger partial charge in [0, 0.05) is 19.8 Å². The zero-order valence-electron chi connectivity index (χ0n) is 13.9. The molecule has 1 aliphatic carbocycles. The van der Waals surface area contributed by atoms with Crippen LogP contribution in [0.4, 0.5) is 0 Å². The Morgan fingerprint density at radius 3 is 2.62 bits per heavy atom. The molecule has 3 unspecified atom stereocenters. The summed E-state index contributed by atoms with van der Waals surface area (Å²) in [5.41, 5.74) is -0.170. The normalized spacial score (nSPS) is 28.5. The molecule has 1 aliphatic rings. The van der Waals surface area contributed by atoms with Gasteiger partial charge in [0.05, 0.1) is 19.1 Å². The number of hydrogen-bond acceptors (Lipinski definition) is 4. The van der Waals surface area contributed by atoms with Gasteiger partial charge in [-0.25, -0.2) is 0 Å². The van der Waals surface area contributed by atoms with E-state index in [1.165, 1.54) is 0 Å². The molecule has 1 saturated carbocycles. The predicted octanol–water partition coefficient (Wildman–Crippen LogP) is 2.15. The first-order valence-corrected chi connectivity index (χ1v) is 7.94. The van der Waals surface area contributed by atoms with Gasteiger partial charge in [-0.1, -0.05) is 20.8 Å². The van der Waals surface area contributed by atoms with Crippen LogP contribution in [-0.4, -0.2) is 50.6 Å². The van der Waals surface area contributed by atoms with E-state index in [9.17, 15) is 9.90 Å². The molecule has 0 aromatic heterocycles. The molecular formula is C16H31NO4. The molecule has 0 spiro atoms. The lowest BCUT2D eigenvalue weighted by Gasteiger charge is -2.46. The second-order valence-corrected chi connectivity index (χ2v) is 6.60. The number of hydrogen-bond donors (Lipinski definition) is 2. The van der Waals surface area contributed by atoms with Gasteiger partial charge in [0.15, 0.2) is 0 Å². The Balaban J connectivity index is 2.29. The van der Waals surface area contributed by atoms with Crippen molar-refractivity contribution in [1.82, 2.24) is 5.32 Å². The van der Waals surface area contributed by atoms with Gasteiger partial charge in [0.1, 0.15) is 0 Å². The highest BCUT2D eigenvalue weighted by atomic mass is 16.5. The molecule has 0 radical (unpaired) electrons. The van der Waals surface area contributed by atoms with Crippen LogP contribution < -0.4 is 5.32 Å². The fraction of sp³-hybridized carbons (Fsp3) is 0.938. The lowest BCUT2D eigenvalue weighted by atomic mass is 9.61. The Bertz CT molecular complexity index is 319. The van der Waals surface area contributed by atoms with Crippen molar-refractivity contribution in [2.45, 2.75) is 46.1 Å². The van der Waals surface area contributed by atoms with Gasteiger partial charge in [0.25, 0.3) is 0 Å². The summed E-state index contributed by atoms with van der Waals surface area (Å²) >= 11 is 0. The summed E-state index contributed by atoms with van der Waals surface area (Å²) in [6, 6.07) is 0.398. The van der Waals surface area contributed by atoms with Gasteiger partial charge < -0.3 is 19.9 Å². The fourth-order valence-electron chi connectivity index (χ4n) is 3.23. The molecule has 0 heterocycles. The first kappa shape index (κ1) is 18.4. The monoisotopic (exact) mass is 301 g/mol. The summed E-state index contributed by atoms with van der Waals surface area (Å²) in [4.78, 5) is 11.4. The predicted molar refractivity (Wildman–Crippen MR) is 82.4 cm³/mol. The van der Waals surface area contributed by atoms with Crippen molar-refractivity contribution in [3.05, 3.63) is 0 Å². The van der Waals surface area contributed by atoms with E-state index in [4.69, 9.17) is 9.47 Å². The van der Waals surface area contributed by atoms with Gasteiger partial charge in [0.2, 0.25) is 0 Å². The van der Waals surface area contributed by atoms with E-state index in [1.807, 2.05) is 0 Å². The van der Waals surface area contributed by atoms with Crippen molar-refractivity contribution in [2.75, 3.05) is 33.5 Å². The quantitative estimate of drug-likeness (QED) is 0.639. The van der Waals surface area contributed by atoms with Crippen molar-refractivity contribution in [3.8, 4) is 0 Å². The molecule has 1 rings (SSSR count). The number of aliphatic carboxylic acids is 1. The zero-order chi connectivity index (χ0) is 15.9.